The summed E-state index contributed by atoms with van der Waals surface area (Å²) in [4.78, 5) is 10.2. The fourth-order valence-corrected chi connectivity index (χ4v) is 1.21. The third-order valence-electron chi connectivity index (χ3n) is 1.84. The molecule has 0 bridgehead atoms. The van der Waals surface area contributed by atoms with E-state index in [1.807, 2.05) is 0 Å². The van der Waals surface area contributed by atoms with Gasteiger partial charge in [0.25, 0.3) is 0 Å². The molecule has 1 atom stereocenters. The molecule has 0 radical (unpaired) electrons. The summed E-state index contributed by atoms with van der Waals surface area (Å²) in [7, 11) is 0. The van der Waals surface area contributed by atoms with Crippen LogP contribution < -0.4 is 5.73 Å². The van der Waals surface area contributed by atoms with Crippen molar-refractivity contribution in [2.24, 2.45) is 11.7 Å². The molecular weight excluding hydrogens is 142 g/mol. The minimum atomic E-state index is -0.667. The van der Waals surface area contributed by atoms with Crippen molar-refractivity contribution < 1.29 is 9.53 Å². The molecule has 1 aliphatic rings. The molecule has 1 rings (SSSR count). The molecule has 11 heavy (non-hydrogen) atoms. The quantitative estimate of drug-likeness (QED) is 0.613. The SMILES string of the molecule is NC(=O)OCC1CC=CCC1. The van der Waals surface area contributed by atoms with Gasteiger partial charge in [0, 0.05) is 0 Å². The van der Waals surface area contributed by atoms with Crippen molar-refractivity contribution in [3.05, 3.63) is 12.2 Å². The van der Waals surface area contributed by atoms with Crippen LogP contribution in [0.15, 0.2) is 12.2 Å². The second-order valence-corrected chi connectivity index (χ2v) is 2.78. The highest BCUT2D eigenvalue weighted by Crippen LogP contribution is 2.17. The predicted octanol–water partition coefficient (Wildman–Crippen LogP) is 1.44. The number of primary amides is 1. The Labute approximate surface area is 66.2 Å². The van der Waals surface area contributed by atoms with Gasteiger partial charge in [0.1, 0.15) is 0 Å². The van der Waals surface area contributed by atoms with Gasteiger partial charge in [-0.05, 0) is 25.2 Å². The van der Waals surface area contributed by atoms with Gasteiger partial charge in [0.2, 0.25) is 0 Å². The molecule has 2 N–H and O–H groups in total. The maximum Gasteiger partial charge on any atom is 0.404 e. The van der Waals surface area contributed by atoms with Crippen molar-refractivity contribution in [2.45, 2.75) is 19.3 Å². The van der Waals surface area contributed by atoms with Crippen LogP contribution in [0.2, 0.25) is 0 Å². The molecule has 0 spiro atoms. The van der Waals surface area contributed by atoms with Crippen molar-refractivity contribution in [2.75, 3.05) is 6.61 Å². The Balaban J connectivity index is 2.16. The smallest absolute Gasteiger partial charge is 0.404 e. The third kappa shape index (κ3) is 3.07. The average Bonchev–Trinajstić information content (AvgIpc) is 2.03. The Morgan fingerprint density at radius 2 is 2.45 bits per heavy atom. The molecule has 0 saturated heterocycles. The Kier molecular flexibility index (Phi) is 2.95. The van der Waals surface area contributed by atoms with E-state index < -0.39 is 6.09 Å². The first-order chi connectivity index (χ1) is 5.29. The Morgan fingerprint density at radius 3 is 3.00 bits per heavy atom. The van der Waals surface area contributed by atoms with Crippen molar-refractivity contribution in [3.63, 3.8) is 0 Å². The minimum absolute atomic E-state index is 0.472. The fourth-order valence-electron chi connectivity index (χ4n) is 1.21. The molecule has 1 unspecified atom stereocenters. The van der Waals surface area contributed by atoms with Gasteiger partial charge in [-0.2, -0.15) is 0 Å². The van der Waals surface area contributed by atoms with E-state index in [2.05, 4.69) is 16.9 Å². The second kappa shape index (κ2) is 4.01. The zero-order chi connectivity index (χ0) is 8.10. The first kappa shape index (κ1) is 8.11. The molecule has 62 valence electrons. The highest BCUT2D eigenvalue weighted by Gasteiger charge is 2.10. The number of hydrogen-bond acceptors (Lipinski definition) is 2. The monoisotopic (exact) mass is 155 g/mol. The van der Waals surface area contributed by atoms with E-state index in [0.717, 1.165) is 19.3 Å². The molecule has 0 fully saturated rings. The van der Waals surface area contributed by atoms with Gasteiger partial charge in [-0.25, -0.2) is 4.79 Å². The molecule has 3 nitrogen and oxygen atoms in total. The van der Waals surface area contributed by atoms with E-state index in [1.54, 1.807) is 0 Å². The largest absolute Gasteiger partial charge is 0.449 e. The first-order valence-corrected chi connectivity index (χ1v) is 3.86. The Bertz CT molecular complexity index is 165. The van der Waals surface area contributed by atoms with Crippen LogP contribution in [0.5, 0.6) is 0 Å². The lowest BCUT2D eigenvalue weighted by atomic mass is 9.95. The highest BCUT2D eigenvalue weighted by atomic mass is 16.5. The van der Waals surface area contributed by atoms with Crippen LogP contribution in [0.4, 0.5) is 4.79 Å². The van der Waals surface area contributed by atoms with Gasteiger partial charge in [-0.1, -0.05) is 12.2 Å². The van der Waals surface area contributed by atoms with Crippen LogP contribution in [0.1, 0.15) is 19.3 Å². The van der Waals surface area contributed by atoms with Gasteiger partial charge in [0.15, 0.2) is 0 Å². The van der Waals surface area contributed by atoms with Crippen molar-refractivity contribution in [1.82, 2.24) is 0 Å². The van der Waals surface area contributed by atoms with E-state index in [-0.39, 0.29) is 0 Å². The predicted molar refractivity (Wildman–Crippen MR) is 42.0 cm³/mol. The number of carbonyl (C=O) groups excluding carboxylic acids is 1. The maximum atomic E-state index is 10.2. The zero-order valence-corrected chi connectivity index (χ0v) is 6.45. The molecule has 0 aromatic heterocycles. The van der Waals surface area contributed by atoms with Gasteiger partial charge >= 0.3 is 6.09 Å². The first-order valence-electron chi connectivity index (χ1n) is 3.86. The summed E-state index contributed by atoms with van der Waals surface area (Å²) < 4.78 is 4.69. The topological polar surface area (TPSA) is 52.3 Å². The summed E-state index contributed by atoms with van der Waals surface area (Å²) in [5.41, 5.74) is 4.83. The van der Waals surface area contributed by atoms with Crippen molar-refractivity contribution >= 4 is 6.09 Å². The van der Waals surface area contributed by atoms with Gasteiger partial charge in [-0.15, -0.1) is 0 Å². The van der Waals surface area contributed by atoms with Gasteiger partial charge < -0.3 is 10.5 Å². The van der Waals surface area contributed by atoms with Crippen LogP contribution in [-0.4, -0.2) is 12.7 Å². The zero-order valence-electron chi connectivity index (χ0n) is 6.45. The molecule has 0 saturated carbocycles. The van der Waals surface area contributed by atoms with Crippen LogP contribution >= 0.6 is 0 Å². The molecule has 0 aromatic rings. The van der Waals surface area contributed by atoms with E-state index in [0.29, 0.717) is 12.5 Å². The summed E-state index contributed by atoms with van der Waals surface area (Å²) in [6.07, 6.45) is 6.81. The number of amides is 1. The molecule has 1 aliphatic carbocycles. The number of rotatable bonds is 2. The number of nitrogens with two attached hydrogens (primary N) is 1. The number of hydrogen-bond donors (Lipinski definition) is 1. The van der Waals surface area contributed by atoms with Crippen LogP contribution in [-0.2, 0) is 4.74 Å². The fraction of sp³-hybridized carbons (Fsp3) is 0.625. The summed E-state index contributed by atoms with van der Waals surface area (Å²) in [6, 6.07) is 0. The summed E-state index contributed by atoms with van der Waals surface area (Å²) in [5.74, 6) is 0.479. The van der Waals surface area contributed by atoms with Crippen molar-refractivity contribution in [1.29, 1.82) is 0 Å². The minimum Gasteiger partial charge on any atom is -0.449 e. The molecule has 3 heteroatoms. The summed E-state index contributed by atoms with van der Waals surface area (Å²) >= 11 is 0. The molecule has 0 aliphatic heterocycles. The lowest BCUT2D eigenvalue weighted by molar-refractivity contribution is 0.133. The van der Waals surface area contributed by atoms with Crippen LogP contribution in [0.3, 0.4) is 0 Å². The molecule has 1 amide bonds. The van der Waals surface area contributed by atoms with Crippen LogP contribution in [0.25, 0.3) is 0 Å². The highest BCUT2D eigenvalue weighted by molar-refractivity contribution is 5.64. The summed E-state index contributed by atoms with van der Waals surface area (Å²) in [5, 5.41) is 0. The lowest BCUT2D eigenvalue weighted by Gasteiger charge is -2.16. The number of ether oxygens (including phenoxy) is 1. The standard InChI is InChI=1S/C8H13NO2/c9-8(10)11-6-7-4-2-1-3-5-7/h1-2,7H,3-6H2,(H2,9,10). The van der Waals surface area contributed by atoms with Gasteiger partial charge in [-0.3, -0.25) is 0 Å². The summed E-state index contributed by atoms with van der Waals surface area (Å²) in [6.45, 7) is 0.472. The maximum absolute atomic E-state index is 10.2. The van der Waals surface area contributed by atoms with E-state index in [4.69, 9.17) is 5.73 Å². The molecule has 0 heterocycles. The normalized spacial score (nSPS) is 23.1. The lowest BCUT2D eigenvalue weighted by Crippen LogP contribution is -2.19. The Hall–Kier alpha value is -0.990. The van der Waals surface area contributed by atoms with Crippen molar-refractivity contribution in [3.8, 4) is 0 Å². The van der Waals surface area contributed by atoms with Gasteiger partial charge in [0.05, 0.1) is 6.61 Å². The van der Waals surface area contributed by atoms with Crippen LogP contribution in [0, 0.1) is 5.92 Å². The number of carbonyl (C=O) groups is 1. The van der Waals surface area contributed by atoms with E-state index in [1.165, 1.54) is 0 Å². The van der Waals surface area contributed by atoms with E-state index >= 15 is 0 Å². The Morgan fingerprint density at radius 1 is 1.64 bits per heavy atom. The third-order valence-corrected chi connectivity index (χ3v) is 1.84. The van der Waals surface area contributed by atoms with E-state index in [9.17, 15) is 4.79 Å². The average molecular weight is 155 g/mol. The molecular formula is C8H13NO2. The number of allylic oxidation sites excluding steroid dienone is 2. The second-order valence-electron chi connectivity index (χ2n) is 2.78. The molecule has 0 aromatic carbocycles.